The Morgan fingerprint density at radius 2 is 2.20 bits per heavy atom. The molecular formula is C14H15N3O3. The Balaban J connectivity index is 1.81. The minimum Gasteiger partial charge on any atom is -0.508 e. The molecule has 0 radical (unpaired) electrons. The van der Waals surface area contributed by atoms with Gasteiger partial charge in [0.2, 0.25) is 0 Å². The monoisotopic (exact) mass is 273 g/mol. The third-order valence-corrected chi connectivity index (χ3v) is 3.60. The van der Waals surface area contributed by atoms with Crippen LogP contribution in [0.4, 0.5) is 0 Å². The van der Waals surface area contributed by atoms with Crippen LogP contribution in [0.3, 0.4) is 0 Å². The minimum absolute atomic E-state index is 0.226. The minimum atomic E-state index is -0.776. The zero-order valence-electron chi connectivity index (χ0n) is 10.9. The normalized spacial score (nSPS) is 17.7. The molecule has 2 aromatic rings. The van der Waals surface area contributed by atoms with Crippen molar-refractivity contribution >= 4 is 5.97 Å². The number of nitrogens with zero attached hydrogens (tertiary/aromatic N) is 3. The van der Waals surface area contributed by atoms with Gasteiger partial charge in [-0.25, -0.2) is 9.67 Å². The summed E-state index contributed by atoms with van der Waals surface area (Å²) >= 11 is 0. The van der Waals surface area contributed by atoms with Crippen LogP contribution >= 0.6 is 0 Å². The average molecular weight is 273 g/mol. The summed E-state index contributed by atoms with van der Waals surface area (Å²) in [7, 11) is 0. The number of phenols is 1. The number of aromatic nitrogens is 3. The van der Waals surface area contributed by atoms with Crippen LogP contribution in [0.5, 0.6) is 5.75 Å². The summed E-state index contributed by atoms with van der Waals surface area (Å²) < 4.78 is 1.77. The number of hydrogen-bond acceptors (Lipinski definition) is 4. The number of carboxylic acids is 1. The van der Waals surface area contributed by atoms with Crippen LogP contribution in [0.25, 0.3) is 0 Å². The molecule has 1 atom stereocenters. The van der Waals surface area contributed by atoms with E-state index >= 15 is 0 Å². The van der Waals surface area contributed by atoms with Crippen molar-refractivity contribution in [3.63, 3.8) is 0 Å². The molecule has 3 rings (SSSR count). The van der Waals surface area contributed by atoms with E-state index in [1.807, 2.05) is 12.1 Å². The molecule has 2 N–H and O–H groups in total. The van der Waals surface area contributed by atoms with Crippen molar-refractivity contribution in [1.82, 2.24) is 14.8 Å². The van der Waals surface area contributed by atoms with E-state index < -0.39 is 5.97 Å². The lowest BCUT2D eigenvalue weighted by molar-refractivity contribution is -0.142. The van der Waals surface area contributed by atoms with Crippen LogP contribution < -0.4 is 0 Å². The molecule has 104 valence electrons. The molecule has 1 aliphatic rings. The summed E-state index contributed by atoms with van der Waals surface area (Å²) in [4.78, 5) is 15.4. The second-order valence-electron chi connectivity index (χ2n) is 5.00. The van der Waals surface area contributed by atoms with Crippen molar-refractivity contribution in [2.24, 2.45) is 5.92 Å². The van der Waals surface area contributed by atoms with Crippen LogP contribution in [0.1, 0.15) is 23.6 Å². The zero-order chi connectivity index (χ0) is 14.1. The number of rotatable bonds is 3. The fourth-order valence-electron chi connectivity index (χ4n) is 2.47. The van der Waals surface area contributed by atoms with E-state index in [1.54, 1.807) is 16.8 Å². The maximum atomic E-state index is 11.0. The molecule has 1 unspecified atom stereocenters. The molecule has 0 amide bonds. The van der Waals surface area contributed by atoms with E-state index in [9.17, 15) is 9.90 Å². The number of aliphatic carboxylic acids is 1. The average Bonchev–Trinajstić information content (AvgIpc) is 2.82. The van der Waals surface area contributed by atoms with Gasteiger partial charge in [-0.3, -0.25) is 4.79 Å². The highest BCUT2D eigenvalue weighted by atomic mass is 16.4. The van der Waals surface area contributed by atoms with Gasteiger partial charge in [0.15, 0.2) is 5.82 Å². The van der Waals surface area contributed by atoms with Crippen molar-refractivity contribution in [2.75, 3.05) is 0 Å². The van der Waals surface area contributed by atoms with E-state index in [-0.39, 0.29) is 11.7 Å². The van der Waals surface area contributed by atoms with Gasteiger partial charge in [-0.1, -0.05) is 18.2 Å². The van der Waals surface area contributed by atoms with Crippen molar-refractivity contribution in [3.05, 3.63) is 41.5 Å². The van der Waals surface area contributed by atoms with Crippen LogP contribution in [0.2, 0.25) is 0 Å². The molecule has 1 aromatic heterocycles. The highest BCUT2D eigenvalue weighted by molar-refractivity contribution is 5.70. The molecule has 0 saturated carbocycles. The fourth-order valence-corrected chi connectivity index (χ4v) is 2.47. The van der Waals surface area contributed by atoms with Crippen molar-refractivity contribution in [2.45, 2.75) is 25.8 Å². The number of fused-ring (bicyclic) bond motifs is 1. The molecule has 6 heteroatoms. The smallest absolute Gasteiger partial charge is 0.307 e. The van der Waals surface area contributed by atoms with Crippen LogP contribution in [-0.2, 0) is 24.2 Å². The van der Waals surface area contributed by atoms with Gasteiger partial charge in [-0.15, -0.1) is 0 Å². The molecule has 0 fully saturated rings. The maximum absolute atomic E-state index is 11.0. The lowest BCUT2D eigenvalue weighted by Gasteiger charge is -2.17. The molecule has 0 aliphatic carbocycles. The number of aromatic hydroxyl groups is 1. The Hall–Kier alpha value is -2.37. The summed E-state index contributed by atoms with van der Waals surface area (Å²) in [6.45, 7) is 0.583. The zero-order valence-corrected chi connectivity index (χ0v) is 10.9. The standard InChI is InChI=1S/C14H15N3O3/c18-11-4-2-1-3-9(11)7-12-15-13-8-10(14(19)20)5-6-17(13)16-12/h1-4,10,18H,5-8H2,(H,19,20). The van der Waals surface area contributed by atoms with Crippen LogP contribution in [0.15, 0.2) is 24.3 Å². The molecule has 2 heterocycles. The van der Waals surface area contributed by atoms with Crippen LogP contribution in [0, 0.1) is 5.92 Å². The SMILES string of the molecule is O=C(O)C1CCn2nc(Cc3ccccc3O)nc2C1. The Morgan fingerprint density at radius 1 is 1.40 bits per heavy atom. The Morgan fingerprint density at radius 3 is 2.95 bits per heavy atom. The number of benzene rings is 1. The van der Waals surface area contributed by atoms with Gasteiger partial charge in [0.05, 0.1) is 5.92 Å². The first-order valence-corrected chi connectivity index (χ1v) is 6.56. The van der Waals surface area contributed by atoms with E-state index in [0.29, 0.717) is 37.5 Å². The van der Waals surface area contributed by atoms with E-state index in [0.717, 1.165) is 5.56 Å². The van der Waals surface area contributed by atoms with Crippen molar-refractivity contribution < 1.29 is 15.0 Å². The first-order chi connectivity index (χ1) is 9.63. The Kier molecular flexibility index (Phi) is 3.14. The molecular weight excluding hydrogens is 258 g/mol. The summed E-state index contributed by atoms with van der Waals surface area (Å²) in [6, 6.07) is 7.08. The van der Waals surface area contributed by atoms with E-state index in [1.165, 1.54) is 0 Å². The summed E-state index contributed by atoms with van der Waals surface area (Å²) in [6.07, 6.45) is 1.45. The maximum Gasteiger partial charge on any atom is 0.307 e. The molecule has 0 saturated heterocycles. The van der Waals surface area contributed by atoms with Crippen molar-refractivity contribution in [1.29, 1.82) is 0 Å². The topological polar surface area (TPSA) is 88.2 Å². The van der Waals surface area contributed by atoms with Gasteiger partial charge >= 0.3 is 5.97 Å². The van der Waals surface area contributed by atoms with Gasteiger partial charge in [0.25, 0.3) is 0 Å². The van der Waals surface area contributed by atoms with Gasteiger partial charge < -0.3 is 10.2 Å². The number of para-hydroxylation sites is 1. The van der Waals surface area contributed by atoms with Gasteiger partial charge in [-0.05, 0) is 12.5 Å². The number of carboxylic acid groups (broad SMARTS) is 1. The molecule has 0 spiro atoms. The number of carbonyl (C=O) groups is 1. The first kappa shape index (κ1) is 12.7. The van der Waals surface area contributed by atoms with Crippen LogP contribution in [-0.4, -0.2) is 30.9 Å². The highest BCUT2D eigenvalue weighted by Crippen LogP contribution is 2.22. The number of aryl methyl sites for hydroxylation is 1. The second kappa shape index (κ2) is 4.96. The Bertz CT molecular complexity index is 651. The van der Waals surface area contributed by atoms with Crippen molar-refractivity contribution in [3.8, 4) is 5.75 Å². The Labute approximate surface area is 115 Å². The summed E-state index contributed by atoms with van der Waals surface area (Å²) in [5.41, 5.74) is 0.769. The summed E-state index contributed by atoms with van der Waals surface area (Å²) in [5.74, 6) is 0.413. The van der Waals surface area contributed by atoms with E-state index in [4.69, 9.17) is 5.11 Å². The van der Waals surface area contributed by atoms with Gasteiger partial charge in [-0.2, -0.15) is 5.10 Å². The summed E-state index contributed by atoms with van der Waals surface area (Å²) in [5, 5.41) is 23.2. The largest absolute Gasteiger partial charge is 0.508 e. The third-order valence-electron chi connectivity index (χ3n) is 3.60. The molecule has 20 heavy (non-hydrogen) atoms. The fraction of sp³-hybridized carbons (Fsp3) is 0.357. The molecule has 1 aliphatic heterocycles. The quantitative estimate of drug-likeness (QED) is 0.877. The predicted molar refractivity (Wildman–Crippen MR) is 70.4 cm³/mol. The third kappa shape index (κ3) is 2.36. The first-order valence-electron chi connectivity index (χ1n) is 6.56. The molecule has 0 bridgehead atoms. The molecule has 6 nitrogen and oxygen atoms in total. The highest BCUT2D eigenvalue weighted by Gasteiger charge is 2.26. The lowest BCUT2D eigenvalue weighted by atomic mass is 9.98. The van der Waals surface area contributed by atoms with Gasteiger partial charge in [0.1, 0.15) is 11.6 Å². The van der Waals surface area contributed by atoms with Gasteiger partial charge in [0, 0.05) is 24.9 Å². The number of hydrogen-bond donors (Lipinski definition) is 2. The number of phenolic OH excluding ortho intramolecular Hbond substituents is 1. The predicted octanol–water partition coefficient (Wildman–Crippen LogP) is 1.22. The lowest BCUT2D eigenvalue weighted by Crippen LogP contribution is -2.26. The second-order valence-corrected chi connectivity index (χ2v) is 5.00. The van der Waals surface area contributed by atoms with E-state index in [2.05, 4.69) is 10.1 Å². The molecule has 1 aromatic carbocycles.